The van der Waals surface area contributed by atoms with Crippen LogP contribution < -0.4 is 10.9 Å². The molecule has 136 valence electrons. The van der Waals surface area contributed by atoms with Crippen LogP contribution in [0.25, 0.3) is 10.2 Å². The van der Waals surface area contributed by atoms with Crippen LogP contribution >= 0.6 is 11.3 Å². The number of hydrogen-bond donors (Lipinski definition) is 1. The van der Waals surface area contributed by atoms with Crippen molar-refractivity contribution < 1.29 is 4.79 Å². The van der Waals surface area contributed by atoms with Crippen molar-refractivity contribution in [2.24, 2.45) is 0 Å². The molecule has 5 nitrogen and oxygen atoms in total. The van der Waals surface area contributed by atoms with Gasteiger partial charge in [0.1, 0.15) is 11.4 Å². The molecule has 0 saturated heterocycles. The maximum Gasteiger partial charge on any atom is 0.262 e. The summed E-state index contributed by atoms with van der Waals surface area (Å²) in [5, 5.41) is 3.59. The average Bonchev–Trinajstić information content (AvgIpc) is 2.91. The summed E-state index contributed by atoms with van der Waals surface area (Å²) in [5.74, 6) is -0.168. The lowest BCUT2D eigenvalue weighted by Crippen LogP contribution is -2.37. The second kappa shape index (κ2) is 7.83. The molecule has 0 aliphatic carbocycles. The summed E-state index contributed by atoms with van der Waals surface area (Å²) in [5.41, 5.74) is 2.06. The van der Waals surface area contributed by atoms with Gasteiger partial charge in [0.15, 0.2) is 0 Å². The van der Waals surface area contributed by atoms with Crippen LogP contribution in [0.4, 0.5) is 0 Å². The zero-order chi connectivity index (χ0) is 18.7. The SMILES string of the molecule is Cc1sc2ncn(CC(=O)N[C@@H](C)CCc3ccccc3)c(=O)c2c1C. The third-order valence-electron chi connectivity index (χ3n) is 4.59. The van der Waals surface area contributed by atoms with E-state index in [0.29, 0.717) is 5.39 Å². The molecule has 0 fully saturated rings. The first-order chi connectivity index (χ1) is 12.5. The lowest BCUT2D eigenvalue weighted by atomic mass is 10.1. The van der Waals surface area contributed by atoms with Crippen molar-refractivity contribution in [3.05, 3.63) is 63.0 Å². The van der Waals surface area contributed by atoms with Gasteiger partial charge in [-0.05, 0) is 44.7 Å². The van der Waals surface area contributed by atoms with E-state index in [1.807, 2.05) is 39.0 Å². The van der Waals surface area contributed by atoms with Gasteiger partial charge in [-0.25, -0.2) is 4.98 Å². The van der Waals surface area contributed by atoms with Crippen LogP contribution in [0.1, 0.15) is 29.3 Å². The smallest absolute Gasteiger partial charge is 0.262 e. The van der Waals surface area contributed by atoms with Crippen molar-refractivity contribution in [3.63, 3.8) is 0 Å². The van der Waals surface area contributed by atoms with Crippen molar-refractivity contribution >= 4 is 27.5 Å². The Morgan fingerprint density at radius 1 is 1.27 bits per heavy atom. The molecule has 1 N–H and O–H groups in total. The molecule has 0 aliphatic heterocycles. The van der Waals surface area contributed by atoms with Crippen LogP contribution in [-0.2, 0) is 17.8 Å². The summed E-state index contributed by atoms with van der Waals surface area (Å²) in [6, 6.07) is 10.2. The summed E-state index contributed by atoms with van der Waals surface area (Å²) in [6.07, 6.45) is 3.22. The second-order valence-corrected chi connectivity index (χ2v) is 7.84. The standard InChI is InChI=1S/C20H23N3O2S/c1-13(9-10-16-7-5-4-6-8-16)22-17(24)11-23-12-21-19-18(20(23)25)14(2)15(3)26-19/h4-8,12-13H,9-11H2,1-3H3,(H,22,24)/t13-/m0/s1. The van der Waals surface area contributed by atoms with Crippen molar-refractivity contribution in [1.82, 2.24) is 14.9 Å². The summed E-state index contributed by atoms with van der Waals surface area (Å²) in [6.45, 7) is 5.88. The number of aryl methyl sites for hydroxylation is 3. The molecule has 0 saturated carbocycles. The van der Waals surface area contributed by atoms with Crippen molar-refractivity contribution in [3.8, 4) is 0 Å². The van der Waals surface area contributed by atoms with Gasteiger partial charge >= 0.3 is 0 Å². The van der Waals surface area contributed by atoms with Gasteiger partial charge < -0.3 is 5.32 Å². The van der Waals surface area contributed by atoms with Gasteiger partial charge in [-0.1, -0.05) is 30.3 Å². The second-order valence-electron chi connectivity index (χ2n) is 6.63. The van der Waals surface area contributed by atoms with Crippen LogP contribution in [0.3, 0.4) is 0 Å². The zero-order valence-corrected chi connectivity index (χ0v) is 16.1. The molecule has 1 atom stereocenters. The van der Waals surface area contributed by atoms with Gasteiger partial charge in [-0.3, -0.25) is 14.2 Å². The van der Waals surface area contributed by atoms with E-state index in [9.17, 15) is 9.59 Å². The predicted octanol–water partition coefficient (Wildman–Crippen LogP) is 3.21. The number of nitrogens with one attached hydrogen (secondary N) is 1. The highest BCUT2D eigenvalue weighted by atomic mass is 32.1. The maximum atomic E-state index is 12.6. The first-order valence-corrected chi connectivity index (χ1v) is 9.55. The number of rotatable bonds is 6. The molecule has 0 bridgehead atoms. The highest BCUT2D eigenvalue weighted by Gasteiger charge is 2.14. The Morgan fingerprint density at radius 2 is 2.00 bits per heavy atom. The highest BCUT2D eigenvalue weighted by Crippen LogP contribution is 2.25. The average molecular weight is 369 g/mol. The Bertz CT molecular complexity index is 976. The molecule has 0 spiro atoms. The molecule has 3 aromatic rings. The van der Waals surface area contributed by atoms with E-state index in [0.717, 1.165) is 28.1 Å². The number of carbonyl (C=O) groups excluding carboxylic acids is 1. The Hall–Kier alpha value is -2.47. The topological polar surface area (TPSA) is 64.0 Å². The van der Waals surface area contributed by atoms with Gasteiger partial charge in [0, 0.05) is 10.9 Å². The molecule has 6 heteroatoms. The Morgan fingerprint density at radius 3 is 2.73 bits per heavy atom. The molecule has 0 aliphatic rings. The van der Waals surface area contributed by atoms with Gasteiger partial charge in [-0.2, -0.15) is 0 Å². The number of benzene rings is 1. The summed E-state index contributed by atoms with van der Waals surface area (Å²) < 4.78 is 1.39. The van der Waals surface area contributed by atoms with E-state index in [2.05, 4.69) is 22.4 Å². The van der Waals surface area contributed by atoms with Crippen molar-refractivity contribution in [2.45, 2.75) is 46.2 Å². The molecule has 0 radical (unpaired) electrons. The molecule has 1 amide bonds. The van der Waals surface area contributed by atoms with E-state index in [4.69, 9.17) is 0 Å². The molecular formula is C20H23N3O2S. The summed E-state index contributed by atoms with van der Waals surface area (Å²) in [7, 11) is 0. The fourth-order valence-electron chi connectivity index (χ4n) is 2.96. The minimum absolute atomic E-state index is 0.00815. The normalized spacial score (nSPS) is 12.3. The first-order valence-electron chi connectivity index (χ1n) is 8.74. The van der Waals surface area contributed by atoms with Gasteiger partial charge in [0.2, 0.25) is 5.91 Å². The number of thiophene rings is 1. The Balaban J connectivity index is 1.63. The molecule has 1 aromatic carbocycles. The van der Waals surface area contributed by atoms with Crippen molar-refractivity contribution in [2.75, 3.05) is 0 Å². The lowest BCUT2D eigenvalue weighted by Gasteiger charge is -2.14. The van der Waals surface area contributed by atoms with Gasteiger partial charge in [0.25, 0.3) is 5.56 Å². The molecular weight excluding hydrogens is 346 g/mol. The van der Waals surface area contributed by atoms with Gasteiger partial charge in [-0.15, -0.1) is 11.3 Å². The summed E-state index contributed by atoms with van der Waals surface area (Å²) in [4.78, 5) is 31.1. The summed E-state index contributed by atoms with van der Waals surface area (Å²) >= 11 is 1.51. The lowest BCUT2D eigenvalue weighted by molar-refractivity contribution is -0.122. The fourth-order valence-corrected chi connectivity index (χ4v) is 3.95. The van der Waals surface area contributed by atoms with E-state index < -0.39 is 0 Å². The minimum Gasteiger partial charge on any atom is -0.352 e. The van der Waals surface area contributed by atoms with E-state index in [-0.39, 0.29) is 24.1 Å². The number of carbonyl (C=O) groups is 1. The Labute approximate surface area is 156 Å². The maximum absolute atomic E-state index is 12.6. The zero-order valence-electron chi connectivity index (χ0n) is 15.3. The van der Waals surface area contributed by atoms with Crippen LogP contribution in [0.5, 0.6) is 0 Å². The van der Waals surface area contributed by atoms with Crippen LogP contribution in [0.15, 0.2) is 41.5 Å². The number of amides is 1. The third kappa shape index (κ3) is 4.02. The third-order valence-corrected chi connectivity index (χ3v) is 5.70. The van der Waals surface area contributed by atoms with Crippen LogP contribution in [0.2, 0.25) is 0 Å². The van der Waals surface area contributed by atoms with E-state index >= 15 is 0 Å². The molecule has 0 unspecified atom stereocenters. The predicted molar refractivity (Wildman–Crippen MR) is 106 cm³/mol. The fraction of sp³-hybridized carbons (Fsp3) is 0.350. The first kappa shape index (κ1) is 18.3. The van der Waals surface area contributed by atoms with E-state index in [1.165, 1.54) is 27.8 Å². The van der Waals surface area contributed by atoms with E-state index in [1.54, 1.807) is 0 Å². The molecule has 2 heterocycles. The van der Waals surface area contributed by atoms with Gasteiger partial charge in [0.05, 0.1) is 11.7 Å². The van der Waals surface area contributed by atoms with Crippen molar-refractivity contribution in [1.29, 1.82) is 0 Å². The van der Waals surface area contributed by atoms with Crippen LogP contribution in [-0.4, -0.2) is 21.5 Å². The quantitative estimate of drug-likeness (QED) is 0.726. The number of fused-ring (bicyclic) bond motifs is 1. The number of nitrogens with zero attached hydrogens (tertiary/aromatic N) is 2. The molecule has 26 heavy (non-hydrogen) atoms. The molecule has 3 rings (SSSR count). The molecule has 2 aromatic heterocycles. The Kier molecular flexibility index (Phi) is 5.52. The number of hydrogen-bond acceptors (Lipinski definition) is 4. The van der Waals surface area contributed by atoms with Crippen LogP contribution in [0, 0.1) is 13.8 Å². The largest absolute Gasteiger partial charge is 0.352 e. The minimum atomic E-state index is -0.168. The monoisotopic (exact) mass is 369 g/mol. The number of aromatic nitrogens is 2. The highest BCUT2D eigenvalue weighted by molar-refractivity contribution is 7.18.